The van der Waals surface area contributed by atoms with Gasteiger partial charge in [0.25, 0.3) is 0 Å². The van der Waals surface area contributed by atoms with Gasteiger partial charge < -0.3 is 19.4 Å². The molecule has 0 aliphatic carbocycles. The first-order valence-corrected chi connectivity index (χ1v) is 8.54. The van der Waals surface area contributed by atoms with Crippen LogP contribution >= 0.6 is 0 Å². The van der Waals surface area contributed by atoms with Crippen LogP contribution in [0.4, 0.5) is 4.79 Å². The summed E-state index contributed by atoms with van der Waals surface area (Å²) in [6.45, 7) is 0.535. The number of nitrogens with zero attached hydrogens (tertiary/aromatic N) is 1. The van der Waals surface area contributed by atoms with Gasteiger partial charge >= 0.3 is 12.1 Å². The molecular formula is C19H23NO6. The maximum atomic E-state index is 12.0. The van der Waals surface area contributed by atoms with Gasteiger partial charge in [-0.2, -0.15) is 0 Å². The Labute approximate surface area is 152 Å². The second kappa shape index (κ2) is 10.3. The fourth-order valence-electron chi connectivity index (χ4n) is 2.56. The number of carbonyl (C=O) groups is 2. The topological polar surface area (TPSA) is 100 Å². The van der Waals surface area contributed by atoms with Crippen molar-refractivity contribution < 1.29 is 29.0 Å². The van der Waals surface area contributed by atoms with E-state index in [1.165, 1.54) is 4.90 Å². The van der Waals surface area contributed by atoms with Crippen LogP contribution in [-0.4, -0.2) is 52.5 Å². The number of hydrogen-bond donors (Lipinski definition) is 2. The van der Waals surface area contributed by atoms with Gasteiger partial charge in [0.05, 0.1) is 37.8 Å². The largest absolute Gasteiger partial charge is 0.481 e. The minimum atomic E-state index is -0.842. The van der Waals surface area contributed by atoms with Gasteiger partial charge in [-0.1, -0.05) is 18.1 Å². The Hall–Kier alpha value is -2.72. The SMILES string of the molecule is O=C(O)CCCC#CCN1C(=O)OCC[C@@H]1/C=C/C(O)Cc1ccoc1. The average molecular weight is 361 g/mol. The summed E-state index contributed by atoms with van der Waals surface area (Å²) in [4.78, 5) is 23.9. The van der Waals surface area contributed by atoms with E-state index in [-0.39, 0.29) is 19.0 Å². The molecule has 2 rings (SSSR count). The van der Waals surface area contributed by atoms with Crippen LogP contribution < -0.4 is 0 Å². The molecule has 26 heavy (non-hydrogen) atoms. The van der Waals surface area contributed by atoms with Crippen LogP contribution in [0.3, 0.4) is 0 Å². The molecule has 1 aliphatic rings. The summed E-state index contributed by atoms with van der Waals surface area (Å²) in [5.41, 5.74) is 0.897. The molecule has 7 heteroatoms. The molecule has 2 N–H and O–H groups in total. The molecule has 0 spiro atoms. The molecule has 0 bridgehead atoms. The van der Waals surface area contributed by atoms with Crippen molar-refractivity contribution in [2.75, 3.05) is 13.2 Å². The quantitative estimate of drug-likeness (QED) is 0.418. The van der Waals surface area contributed by atoms with Crippen LogP contribution in [0.1, 0.15) is 31.2 Å². The van der Waals surface area contributed by atoms with E-state index in [0.29, 0.717) is 32.3 Å². The zero-order valence-electron chi connectivity index (χ0n) is 14.5. The molecule has 2 atom stereocenters. The van der Waals surface area contributed by atoms with E-state index in [4.69, 9.17) is 14.3 Å². The Morgan fingerprint density at radius 2 is 2.31 bits per heavy atom. The van der Waals surface area contributed by atoms with Gasteiger partial charge in [-0.05, 0) is 18.1 Å². The number of cyclic esters (lactones) is 1. The standard InChI is InChI=1S/C19H23NO6/c21-17(13-15-8-11-25-14-15)7-6-16-9-12-26-19(24)20(16)10-4-2-1-3-5-18(22)23/h6-8,11,14,16-17,21H,1,3,5,9-10,12-13H2,(H,22,23)/b7-6+/t16-,17?/m0/s1. The van der Waals surface area contributed by atoms with Gasteiger partial charge in [-0.15, -0.1) is 5.92 Å². The van der Waals surface area contributed by atoms with Crippen molar-refractivity contribution in [1.29, 1.82) is 0 Å². The summed E-state index contributed by atoms with van der Waals surface area (Å²) in [6.07, 6.45) is 7.61. The summed E-state index contributed by atoms with van der Waals surface area (Å²) < 4.78 is 10.0. The zero-order chi connectivity index (χ0) is 18.8. The minimum Gasteiger partial charge on any atom is -0.481 e. The van der Waals surface area contributed by atoms with Crippen molar-refractivity contribution in [3.05, 3.63) is 36.3 Å². The van der Waals surface area contributed by atoms with Gasteiger partial charge in [0.2, 0.25) is 0 Å². The number of ether oxygens (including phenoxy) is 1. The molecular weight excluding hydrogens is 338 g/mol. The number of aliphatic hydroxyl groups excluding tert-OH is 1. The highest BCUT2D eigenvalue weighted by Gasteiger charge is 2.27. The third-order valence-corrected chi connectivity index (χ3v) is 3.92. The molecule has 0 radical (unpaired) electrons. The Kier molecular flexibility index (Phi) is 7.77. The van der Waals surface area contributed by atoms with Crippen molar-refractivity contribution >= 4 is 12.1 Å². The number of hydrogen-bond acceptors (Lipinski definition) is 5. The summed E-state index contributed by atoms with van der Waals surface area (Å²) in [7, 11) is 0. The fourth-order valence-corrected chi connectivity index (χ4v) is 2.56. The van der Waals surface area contributed by atoms with Crippen molar-refractivity contribution in [3.63, 3.8) is 0 Å². The van der Waals surface area contributed by atoms with Crippen LogP contribution in [0.25, 0.3) is 0 Å². The minimum absolute atomic E-state index is 0.0837. The van der Waals surface area contributed by atoms with Crippen molar-refractivity contribution in [3.8, 4) is 11.8 Å². The van der Waals surface area contributed by atoms with Crippen LogP contribution in [0.15, 0.2) is 35.2 Å². The van der Waals surface area contributed by atoms with Crippen LogP contribution in [0, 0.1) is 11.8 Å². The summed E-state index contributed by atoms with van der Waals surface area (Å²) in [6, 6.07) is 1.60. The molecule has 7 nitrogen and oxygen atoms in total. The van der Waals surface area contributed by atoms with Gasteiger partial charge in [0.1, 0.15) is 0 Å². The smallest absolute Gasteiger partial charge is 0.411 e. The van der Waals surface area contributed by atoms with E-state index in [1.807, 2.05) is 0 Å². The molecule has 1 aromatic heterocycles. The Balaban J connectivity index is 1.86. The number of aliphatic hydroxyl groups is 1. The van der Waals surface area contributed by atoms with Crippen LogP contribution in [0.5, 0.6) is 0 Å². The molecule has 140 valence electrons. The summed E-state index contributed by atoms with van der Waals surface area (Å²) in [5.74, 6) is 4.92. The summed E-state index contributed by atoms with van der Waals surface area (Å²) >= 11 is 0. The highest BCUT2D eigenvalue weighted by Crippen LogP contribution is 2.15. The first-order valence-electron chi connectivity index (χ1n) is 8.54. The monoisotopic (exact) mass is 361 g/mol. The second-order valence-corrected chi connectivity index (χ2v) is 5.99. The van der Waals surface area contributed by atoms with E-state index in [0.717, 1.165) is 5.56 Å². The number of furan rings is 1. The molecule has 1 aliphatic heterocycles. The number of carboxylic acids is 1. The van der Waals surface area contributed by atoms with Gasteiger partial charge in [0.15, 0.2) is 0 Å². The van der Waals surface area contributed by atoms with Gasteiger partial charge in [0, 0.05) is 25.7 Å². The number of unbranched alkanes of at least 4 members (excludes halogenated alkanes) is 1. The molecule has 1 unspecified atom stereocenters. The molecule has 1 saturated heterocycles. The predicted molar refractivity (Wildman–Crippen MR) is 93.3 cm³/mol. The molecule has 1 amide bonds. The number of carboxylic acid groups (broad SMARTS) is 1. The van der Waals surface area contributed by atoms with E-state index in [9.17, 15) is 14.7 Å². The lowest BCUT2D eigenvalue weighted by atomic mass is 10.1. The highest BCUT2D eigenvalue weighted by molar-refractivity contribution is 5.69. The van der Waals surface area contributed by atoms with Gasteiger partial charge in [-0.25, -0.2) is 4.79 Å². The average Bonchev–Trinajstić information content (AvgIpc) is 3.10. The lowest BCUT2D eigenvalue weighted by Crippen LogP contribution is -2.44. The third-order valence-electron chi connectivity index (χ3n) is 3.92. The maximum Gasteiger partial charge on any atom is 0.411 e. The number of rotatable bonds is 8. The third kappa shape index (κ3) is 6.65. The first-order chi connectivity index (χ1) is 12.6. The lowest BCUT2D eigenvalue weighted by Gasteiger charge is -2.31. The number of amides is 1. The molecule has 0 saturated carbocycles. The zero-order valence-corrected chi connectivity index (χ0v) is 14.5. The normalized spacial score (nSPS) is 18.3. The molecule has 1 aromatic rings. The number of carbonyl (C=O) groups excluding carboxylic acids is 1. The predicted octanol–water partition coefficient (Wildman–Crippen LogP) is 2.21. The molecule has 1 fully saturated rings. The Morgan fingerprint density at radius 1 is 1.46 bits per heavy atom. The Morgan fingerprint density at radius 3 is 3.04 bits per heavy atom. The fraction of sp³-hybridized carbons (Fsp3) is 0.474. The van der Waals surface area contributed by atoms with E-state index >= 15 is 0 Å². The van der Waals surface area contributed by atoms with Crippen molar-refractivity contribution in [1.82, 2.24) is 4.90 Å². The van der Waals surface area contributed by atoms with E-state index < -0.39 is 18.2 Å². The van der Waals surface area contributed by atoms with Crippen molar-refractivity contribution in [2.24, 2.45) is 0 Å². The lowest BCUT2D eigenvalue weighted by molar-refractivity contribution is -0.137. The first kappa shape index (κ1) is 19.6. The summed E-state index contributed by atoms with van der Waals surface area (Å²) in [5, 5.41) is 18.7. The van der Waals surface area contributed by atoms with E-state index in [1.54, 1.807) is 30.7 Å². The van der Waals surface area contributed by atoms with Gasteiger partial charge in [-0.3, -0.25) is 9.69 Å². The number of aliphatic carboxylic acids is 1. The highest BCUT2D eigenvalue weighted by atomic mass is 16.6. The van der Waals surface area contributed by atoms with E-state index in [2.05, 4.69) is 11.8 Å². The maximum absolute atomic E-state index is 12.0. The molecule has 2 heterocycles. The Bertz CT molecular complexity index is 670. The van der Waals surface area contributed by atoms with Crippen LogP contribution in [0.2, 0.25) is 0 Å². The second-order valence-electron chi connectivity index (χ2n) is 5.99. The van der Waals surface area contributed by atoms with Crippen molar-refractivity contribution in [2.45, 2.75) is 44.2 Å². The van der Waals surface area contributed by atoms with Crippen LogP contribution in [-0.2, 0) is 16.0 Å². The molecule has 0 aromatic carbocycles.